The Labute approximate surface area is 164 Å². The summed E-state index contributed by atoms with van der Waals surface area (Å²) in [6.45, 7) is 1.94. The lowest BCUT2D eigenvalue weighted by atomic mass is 9.96. The highest BCUT2D eigenvalue weighted by Crippen LogP contribution is 2.31. The molecule has 0 aliphatic heterocycles. The highest BCUT2D eigenvalue weighted by atomic mass is 35.5. The third kappa shape index (κ3) is 3.98. The minimum atomic E-state index is -0.285. The maximum atomic E-state index is 12.9. The molecule has 0 amide bonds. The lowest BCUT2D eigenvalue weighted by molar-refractivity contribution is 0.103. The fraction of sp³-hybridized carbons (Fsp3) is 0.105. The van der Waals surface area contributed by atoms with Crippen LogP contribution in [0.2, 0.25) is 15.1 Å². The third-order valence-electron chi connectivity index (χ3n) is 3.95. The Hall–Kier alpha value is -2.14. The molecule has 0 atom stereocenters. The molecule has 7 heteroatoms. The Morgan fingerprint density at radius 3 is 2.35 bits per heavy atom. The van der Waals surface area contributed by atoms with E-state index in [9.17, 15) is 9.59 Å². The van der Waals surface area contributed by atoms with Gasteiger partial charge >= 0.3 is 0 Å². The summed E-state index contributed by atoms with van der Waals surface area (Å²) in [6, 6.07) is 11.4. The van der Waals surface area contributed by atoms with Crippen LogP contribution in [0.3, 0.4) is 0 Å². The summed E-state index contributed by atoms with van der Waals surface area (Å²) < 4.78 is 0. The molecule has 0 saturated heterocycles. The lowest BCUT2D eigenvalue weighted by Crippen LogP contribution is -2.09. The van der Waals surface area contributed by atoms with E-state index in [2.05, 4.69) is 10.2 Å². The van der Waals surface area contributed by atoms with Gasteiger partial charge in [-0.25, -0.2) is 5.10 Å². The van der Waals surface area contributed by atoms with Crippen LogP contribution in [0.15, 0.2) is 47.3 Å². The second-order valence-electron chi connectivity index (χ2n) is 5.80. The first-order valence-corrected chi connectivity index (χ1v) is 8.82. The standard InChI is InChI=1S/C19H13Cl3N2O2/c1-10-2-3-11(6-12(10)7-14-4-5-17(25)24-23-14)19(26)18-15(21)8-13(20)9-16(18)22/h2-6,8-9H,7H2,1H3,(H,24,25). The fourth-order valence-corrected chi connectivity index (χ4v) is 3.56. The Kier molecular flexibility index (Phi) is 5.47. The van der Waals surface area contributed by atoms with E-state index >= 15 is 0 Å². The van der Waals surface area contributed by atoms with Crippen molar-refractivity contribution in [2.75, 3.05) is 0 Å². The minimum Gasteiger partial charge on any atom is -0.288 e. The topological polar surface area (TPSA) is 62.8 Å². The van der Waals surface area contributed by atoms with Gasteiger partial charge in [-0.3, -0.25) is 9.59 Å². The molecule has 1 N–H and O–H groups in total. The molecule has 132 valence electrons. The van der Waals surface area contributed by atoms with Crippen molar-refractivity contribution >= 4 is 40.6 Å². The molecular weight excluding hydrogens is 395 g/mol. The molecule has 0 radical (unpaired) electrons. The molecule has 26 heavy (non-hydrogen) atoms. The van der Waals surface area contributed by atoms with Gasteiger partial charge in [0.05, 0.1) is 21.3 Å². The molecule has 0 aliphatic carbocycles. The van der Waals surface area contributed by atoms with Crippen molar-refractivity contribution in [2.24, 2.45) is 0 Å². The summed E-state index contributed by atoms with van der Waals surface area (Å²) in [5.41, 5.74) is 3.02. The Morgan fingerprint density at radius 1 is 1.04 bits per heavy atom. The van der Waals surface area contributed by atoms with E-state index in [0.717, 1.165) is 11.1 Å². The molecule has 0 bridgehead atoms. The van der Waals surface area contributed by atoms with E-state index in [1.54, 1.807) is 18.2 Å². The smallest absolute Gasteiger partial charge is 0.264 e. The third-order valence-corrected chi connectivity index (χ3v) is 4.77. The zero-order chi connectivity index (χ0) is 18.8. The van der Waals surface area contributed by atoms with Gasteiger partial charge in [-0.15, -0.1) is 0 Å². The van der Waals surface area contributed by atoms with Gasteiger partial charge < -0.3 is 0 Å². The molecule has 3 rings (SSSR count). The molecule has 0 aliphatic rings. The van der Waals surface area contributed by atoms with Gasteiger partial charge in [-0.1, -0.05) is 46.9 Å². The first kappa shape index (κ1) is 18.6. The molecule has 0 fully saturated rings. The SMILES string of the molecule is Cc1ccc(C(=O)c2c(Cl)cc(Cl)cc2Cl)cc1Cc1ccc(=O)[nH]n1. The number of hydrogen-bond acceptors (Lipinski definition) is 3. The van der Waals surface area contributed by atoms with Gasteiger partial charge in [0.25, 0.3) is 5.56 Å². The van der Waals surface area contributed by atoms with E-state index in [1.807, 2.05) is 13.0 Å². The number of halogens is 3. The Balaban J connectivity index is 1.98. The summed E-state index contributed by atoms with van der Waals surface area (Å²) in [5, 5.41) is 7.19. The van der Waals surface area contributed by atoms with E-state index in [-0.39, 0.29) is 27.0 Å². The number of aryl methyl sites for hydroxylation is 1. The summed E-state index contributed by atoms with van der Waals surface area (Å²) in [6.07, 6.45) is 0.478. The number of nitrogens with one attached hydrogen (secondary N) is 1. The molecule has 1 heterocycles. The van der Waals surface area contributed by atoms with E-state index in [4.69, 9.17) is 34.8 Å². The largest absolute Gasteiger partial charge is 0.288 e. The summed E-state index contributed by atoms with van der Waals surface area (Å²) in [5.74, 6) is -0.285. The average Bonchev–Trinajstić information content (AvgIpc) is 2.57. The highest BCUT2D eigenvalue weighted by Gasteiger charge is 2.18. The second kappa shape index (κ2) is 7.62. The van der Waals surface area contributed by atoms with E-state index in [1.165, 1.54) is 18.2 Å². The number of hydrogen-bond donors (Lipinski definition) is 1. The Bertz CT molecular complexity index is 1020. The molecule has 1 aromatic heterocycles. The predicted molar refractivity (Wildman–Crippen MR) is 104 cm³/mol. The molecule has 3 aromatic rings. The number of carbonyl (C=O) groups excluding carboxylic acids is 1. The minimum absolute atomic E-state index is 0.205. The number of benzene rings is 2. The van der Waals surface area contributed by atoms with Crippen molar-refractivity contribution in [1.29, 1.82) is 0 Å². The van der Waals surface area contributed by atoms with Crippen LogP contribution in [0.1, 0.15) is 32.7 Å². The summed E-state index contributed by atoms with van der Waals surface area (Å²) in [7, 11) is 0. The number of ketones is 1. The monoisotopic (exact) mass is 406 g/mol. The zero-order valence-electron chi connectivity index (χ0n) is 13.6. The second-order valence-corrected chi connectivity index (χ2v) is 7.05. The molecular formula is C19H13Cl3N2O2. The maximum Gasteiger partial charge on any atom is 0.264 e. The molecule has 2 aromatic carbocycles. The lowest BCUT2D eigenvalue weighted by Gasteiger charge is -2.10. The zero-order valence-corrected chi connectivity index (χ0v) is 15.9. The van der Waals surface area contributed by atoms with Crippen molar-refractivity contribution in [3.05, 3.63) is 95.8 Å². The first-order valence-electron chi connectivity index (χ1n) is 7.68. The van der Waals surface area contributed by atoms with Gasteiger partial charge in [-0.05, 0) is 42.3 Å². The van der Waals surface area contributed by atoms with Crippen molar-refractivity contribution in [3.63, 3.8) is 0 Å². The van der Waals surface area contributed by atoms with Crippen molar-refractivity contribution in [2.45, 2.75) is 13.3 Å². The number of rotatable bonds is 4. The van der Waals surface area contributed by atoms with Crippen LogP contribution < -0.4 is 5.56 Å². The number of H-pyrrole nitrogens is 1. The normalized spacial score (nSPS) is 10.8. The highest BCUT2D eigenvalue weighted by molar-refractivity contribution is 6.43. The quantitative estimate of drug-likeness (QED) is 0.628. The fourth-order valence-electron chi connectivity index (χ4n) is 2.57. The summed E-state index contributed by atoms with van der Waals surface area (Å²) in [4.78, 5) is 24.0. The van der Waals surface area contributed by atoms with Crippen LogP contribution in [0, 0.1) is 6.92 Å². The van der Waals surface area contributed by atoms with Crippen LogP contribution in [0.5, 0.6) is 0 Å². The maximum absolute atomic E-state index is 12.9. The number of aromatic amines is 1. The number of aromatic nitrogens is 2. The van der Waals surface area contributed by atoms with Crippen LogP contribution in [0.4, 0.5) is 0 Å². The van der Waals surface area contributed by atoms with Crippen LogP contribution in [-0.2, 0) is 6.42 Å². The molecule has 4 nitrogen and oxygen atoms in total. The van der Waals surface area contributed by atoms with Gasteiger partial charge in [0, 0.05) is 23.1 Å². The molecule has 0 saturated carbocycles. The first-order chi connectivity index (χ1) is 12.3. The van der Waals surface area contributed by atoms with Crippen LogP contribution in [-0.4, -0.2) is 16.0 Å². The van der Waals surface area contributed by atoms with Crippen molar-refractivity contribution in [1.82, 2.24) is 10.2 Å². The van der Waals surface area contributed by atoms with E-state index in [0.29, 0.717) is 22.7 Å². The predicted octanol–water partition coefficient (Wildman–Crippen LogP) is 4.86. The van der Waals surface area contributed by atoms with Crippen LogP contribution >= 0.6 is 34.8 Å². The number of nitrogens with zero attached hydrogens (tertiary/aromatic N) is 1. The van der Waals surface area contributed by atoms with Crippen molar-refractivity contribution < 1.29 is 4.79 Å². The Morgan fingerprint density at radius 2 is 1.73 bits per heavy atom. The van der Waals surface area contributed by atoms with Crippen molar-refractivity contribution in [3.8, 4) is 0 Å². The molecule has 0 unspecified atom stereocenters. The molecule has 0 spiro atoms. The van der Waals surface area contributed by atoms with Gasteiger partial charge in [0.2, 0.25) is 0 Å². The average molecular weight is 408 g/mol. The summed E-state index contributed by atoms with van der Waals surface area (Å²) >= 11 is 18.2. The van der Waals surface area contributed by atoms with Gasteiger partial charge in [0.15, 0.2) is 5.78 Å². The van der Waals surface area contributed by atoms with Gasteiger partial charge in [0.1, 0.15) is 0 Å². The van der Waals surface area contributed by atoms with Crippen LogP contribution in [0.25, 0.3) is 0 Å². The number of carbonyl (C=O) groups is 1. The van der Waals surface area contributed by atoms with Gasteiger partial charge in [-0.2, -0.15) is 5.10 Å². The van der Waals surface area contributed by atoms with E-state index < -0.39 is 0 Å².